The number of nitrogens with two attached hydrogens (primary N) is 1. The standard InChI is InChI=1S/C34H34FN9O/c1-21(35)33(45)42-16-11-34(12-17-42)19-23(20-34)39-27-8-5-22-18-24(6-7-25(22)27)44-31(26-4-2-13-37-30(26)36)40-28-9-10-29(41-32(28)44)43-15-3-14-38-43/h2-4,6-7,9-10,13-15,18,23,27,39H,1,5,8,11-12,16-17,19-20H2,(H2,36,37)/t27-/m0/s1. The normalized spacial score (nSPS) is 19.1. The number of rotatable bonds is 6. The quantitative estimate of drug-likeness (QED) is 0.260. The first-order valence-electron chi connectivity index (χ1n) is 15.5. The van der Waals surface area contributed by atoms with Gasteiger partial charge in [-0.15, -0.1) is 0 Å². The van der Waals surface area contributed by atoms with Crippen molar-refractivity contribution in [3.05, 3.63) is 90.7 Å². The van der Waals surface area contributed by atoms with Crippen LogP contribution in [0.15, 0.2) is 79.5 Å². The van der Waals surface area contributed by atoms with Crippen LogP contribution in [-0.2, 0) is 11.2 Å². The molecule has 1 amide bonds. The number of fused-ring (bicyclic) bond motifs is 2. The van der Waals surface area contributed by atoms with Crippen LogP contribution < -0.4 is 11.1 Å². The maximum atomic E-state index is 13.3. The first-order valence-corrected chi connectivity index (χ1v) is 15.5. The molecule has 1 saturated heterocycles. The number of likely N-dealkylation sites (tertiary alicyclic amines) is 1. The average molecular weight is 604 g/mol. The molecule has 4 aromatic heterocycles. The molecule has 1 aromatic carbocycles. The number of aryl methyl sites for hydroxylation is 1. The molecule has 10 nitrogen and oxygen atoms in total. The number of pyridine rings is 2. The number of hydrogen-bond acceptors (Lipinski definition) is 7. The molecular formula is C34H34FN9O. The fourth-order valence-electron chi connectivity index (χ4n) is 7.58. The molecule has 3 N–H and O–H groups in total. The van der Waals surface area contributed by atoms with Crippen molar-refractivity contribution in [3.63, 3.8) is 0 Å². The van der Waals surface area contributed by atoms with Crippen molar-refractivity contribution in [1.82, 2.24) is 39.5 Å². The highest BCUT2D eigenvalue weighted by molar-refractivity contribution is 5.90. The SMILES string of the molecule is C=C(F)C(=O)N1CCC2(CC1)CC(N[C@H]1CCc3cc(-n4c(-c5cccnc5N)nc5ccc(-n6cccn6)nc54)ccc31)C2. The van der Waals surface area contributed by atoms with Gasteiger partial charge in [-0.1, -0.05) is 12.6 Å². The maximum Gasteiger partial charge on any atom is 0.281 e. The highest BCUT2D eigenvalue weighted by Crippen LogP contribution is 2.50. The Kier molecular flexibility index (Phi) is 6.52. The molecular weight excluding hydrogens is 569 g/mol. The van der Waals surface area contributed by atoms with Crippen LogP contribution in [0.5, 0.6) is 0 Å². The first-order chi connectivity index (χ1) is 21.9. The number of nitrogens with zero attached hydrogens (tertiary/aromatic N) is 7. The highest BCUT2D eigenvalue weighted by Gasteiger charge is 2.47. The number of nitrogens with one attached hydrogen (secondary N) is 1. The first kappa shape index (κ1) is 27.6. The molecule has 0 bridgehead atoms. The number of hydrogen-bond donors (Lipinski definition) is 2. The van der Waals surface area contributed by atoms with E-state index >= 15 is 0 Å². The van der Waals surface area contributed by atoms with E-state index in [0.29, 0.717) is 42.6 Å². The number of carbonyl (C=O) groups excluding carboxylic acids is 1. The van der Waals surface area contributed by atoms with E-state index in [1.54, 1.807) is 22.0 Å². The van der Waals surface area contributed by atoms with Gasteiger partial charge in [-0.05, 0) is 97.5 Å². The molecule has 8 rings (SSSR count). The Morgan fingerprint density at radius 3 is 2.67 bits per heavy atom. The molecule has 2 aliphatic carbocycles. The molecule has 5 heterocycles. The molecule has 1 atom stereocenters. The summed E-state index contributed by atoms with van der Waals surface area (Å²) in [6.45, 7) is 4.39. The predicted octanol–water partition coefficient (Wildman–Crippen LogP) is 5.08. The van der Waals surface area contributed by atoms with Crippen LogP contribution in [0.25, 0.3) is 34.1 Å². The summed E-state index contributed by atoms with van der Waals surface area (Å²) in [5.74, 6) is 0.380. The van der Waals surface area contributed by atoms with Crippen LogP contribution in [0, 0.1) is 5.41 Å². The van der Waals surface area contributed by atoms with E-state index in [1.807, 2.05) is 36.5 Å². The summed E-state index contributed by atoms with van der Waals surface area (Å²) in [7, 11) is 0. The minimum absolute atomic E-state index is 0.256. The Bertz CT molecular complexity index is 1930. The number of halogens is 1. The number of anilines is 1. The second kappa shape index (κ2) is 10.6. The maximum absolute atomic E-state index is 13.3. The van der Waals surface area contributed by atoms with Gasteiger partial charge in [0.1, 0.15) is 11.3 Å². The van der Waals surface area contributed by atoms with E-state index < -0.39 is 11.7 Å². The van der Waals surface area contributed by atoms with Crippen LogP contribution in [0.2, 0.25) is 0 Å². The summed E-state index contributed by atoms with van der Waals surface area (Å²) < 4.78 is 17.1. The minimum Gasteiger partial charge on any atom is -0.383 e. The molecule has 0 unspecified atom stereocenters. The molecule has 1 spiro atoms. The lowest BCUT2D eigenvalue weighted by Gasteiger charge is -2.53. The van der Waals surface area contributed by atoms with Crippen molar-refractivity contribution in [2.24, 2.45) is 5.41 Å². The molecule has 1 aliphatic heterocycles. The Balaban J connectivity index is 1.05. The fraction of sp³-hybridized carbons (Fsp3) is 0.324. The zero-order valence-electron chi connectivity index (χ0n) is 24.9. The summed E-state index contributed by atoms with van der Waals surface area (Å²) in [6.07, 6.45) is 11.3. The minimum atomic E-state index is -0.865. The number of benzene rings is 1. The van der Waals surface area contributed by atoms with Crippen molar-refractivity contribution in [2.45, 2.75) is 50.6 Å². The fourth-order valence-corrected chi connectivity index (χ4v) is 7.58. The molecule has 3 aliphatic rings. The Labute approximate surface area is 259 Å². The number of imidazole rings is 1. The van der Waals surface area contributed by atoms with Crippen molar-refractivity contribution >= 4 is 22.9 Å². The number of piperidine rings is 1. The summed E-state index contributed by atoms with van der Waals surface area (Å²) >= 11 is 0. The Morgan fingerprint density at radius 2 is 1.91 bits per heavy atom. The Morgan fingerprint density at radius 1 is 1.07 bits per heavy atom. The number of nitrogen functional groups attached to an aromatic ring is 1. The molecule has 228 valence electrons. The van der Waals surface area contributed by atoms with Crippen molar-refractivity contribution in [3.8, 4) is 22.9 Å². The molecule has 2 fully saturated rings. The van der Waals surface area contributed by atoms with Gasteiger partial charge in [-0.2, -0.15) is 5.10 Å². The van der Waals surface area contributed by atoms with Gasteiger partial charge in [0.05, 0.1) is 5.56 Å². The van der Waals surface area contributed by atoms with Crippen LogP contribution in [0.3, 0.4) is 0 Å². The van der Waals surface area contributed by atoms with Gasteiger partial charge >= 0.3 is 0 Å². The van der Waals surface area contributed by atoms with E-state index in [-0.39, 0.29) is 5.41 Å². The second-order valence-corrected chi connectivity index (χ2v) is 12.6. The average Bonchev–Trinajstić information content (AvgIpc) is 3.79. The summed E-state index contributed by atoms with van der Waals surface area (Å²) in [4.78, 5) is 27.9. The molecule has 45 heavy (non-hydrogen) atoms. The summed E-state index contributed by atoms with van der Waals surface area (Å²) in [5.41, 5.74) is 12.4. The van der Waals surface area contributed by atoms with Gasteiger partial charge < -0.3 is 16.0 Å². The van der Waals surface area contributed by atoms with Gasteiger partial charge in [0.2, 0.25) is 0 Å². The third kappa shape index (κ3) is 4.78. The van der Waals surface area contributed by atoms with Gasteiger partial charge in [0, 0.05) is 49.5 Å². The number of carbonyl (C=O) groups is 1. The second-order valence-electron chi connectivity index (χ2n) is 12.6. The monoisotopic (exact) mass is 603 g/mol. The third-order valence-electron chi connectivity index (χ3n) is 9.91. The number of aromatic nitrogens is 6. The lowest BCUT2D eigenvalue weighted by molar-refractivity contribution is -0.132. The summed E-state index contributed by atoms with van der Waals surface area (Å²) in [5, 5.41) is 8.29. The van der Waals surface area contributed by atoms with Gasteiger partial charge in [-0.25, -0.2) is 24.0 Å². The molecule has 5 aromatic rings. The lowest BCUT2D eigenvalue weighted by atomic mass is 9.60. The van der Waals surface area contributed by atoms with Crippen molar-refractivity contribution in [1.29, 1.82) is 0 Å². The molecule has 0 radical (unpaired) electrons. The molecule has 1 saturated carbocycles. The van der Waals surface area contributed by atoms with Crippen LogP contribution in [-0.4, -0.2) is 59.2 Å². The van der Waals surface area contributed by atoms with Crippen LogP contribution >= 0.6 is 0 Å². The van der Waals surface area contributed by atoms with E-state index in [2.05, 4.69) is 44.7 Å². The van der Waals surface area contributed by atoms with E-state index in [1.165, 1.54) is 11.1 Å². The van der Waals surface area contributed by atoms with E-state index in [4.69, 9.17) is 15.7 Å². The van der Waals surface area contributed by atoms with Crippen molar-refractivity contribution < 1.29 is 9.18 Å². The zero-order chi connectivity index (χ0) is 30.7. The van der Waals surface area contributed by atoms with Crippen LogP contribution in [0.1, 0.15) is 49.3 Å². The lowest BCUT2D eigenvalue weighted by Crippen LogP contribution is -2.54. The smallest absolute Gasteiger partial charge is 0.281 e. The van der Waals surface area contributed by atoms with Crippen molar-refractivity contribution in [2.75, 3.05) is 18.8 Å². The Hall–Kier alpha value is -4.90. The number of amides is 1. The van der Waals surface area contributed by atoms with E-state index in [0.717, 1.165) is 60.9 Å². The van der Waals surface area contributed by atoms with Crippen LogP contribution in [0.4, 0.5) is 10.2 Å². The van der Waals surface area contributed by atoms with Gasteiger partial charge in [0.25, 0.3) is 5.91 Å². The van der Waals surface area contributed by atoms with Gasteiger partial charge in [0.15, 0.2) is 23.1 Å². The molecule has 11 heteroatoms. The topological polar surface area (TPSA) is 120 Å². The predicted molar refractivity (Wildman–Crippen MR) is 169 cm³/mol. The zero-order valence-corrected chi connectivity index (χ0v) is 24.9. The van der Waals surface area contributed by atoms with Gasteiger partial charge in [-0.3, -0.25) is 9.36 Å². The summed E-state index contributed by atoms with van der Waals surface area (Å²) in [6, 6.07) is 16.9. The largest absolute Gasteiger partial charge is 0.383 e. The highest BCUT2D eigenvalue weighted by atomic mass is 19.1. The van der Waals surface area contributed by atoms with E-state index in [9.17, 15) is 9.18 Å². The third-order valence-corrected chi connectivity index (χ3v) is 9.91.